The fraction of sp³-hybridized carbons (Fsp3) is 0.150. The summed E-state index contributed by atoms with van der Waals surface area (Å²) >= 11 is 18.8. The zero-order chi connectivity index (χ0) is 17.1. The summed E-state index contributed by atoms with van der Waals surface area (Å²) in [4.78, 5) is 0. The van der Waals surface area contributed by atoms with Crippen molar-refractivity contribution >= 4 is 45.9 Å². The van der Waals surface area contributed by atoms with Gasteiger partial charge in [-0.15, -0.1) is 0 Å². The first kappa shape index (κ1) is 17.4. The van der Waals surface area contributed by atoms with E-state index < -0.39 is 0 Å². The van der Waals surface area contributed by atoms with E-state index in [9.17, 15) is 0 Å². The third-order valence-electron chi connectivity index (χ3n) is 3.82. The zero-order valence-corrected chi connectivity index (χ0v) is 15.4. The van der Waals surface area contributed by atoms with Crippen LogP contribution < -0.4 is 4.74 Å². The van der Waals surface area contributed by atoms with Gasteiger partial charge >= 0.3 is 0 Å². The van der Waals surface area contributed by atoms with Crippen molar-refractivity contribution in [1.29, 1.82) is 0 Å². The van der Waals surface area contributed by atoms with Gasteiger partial charge in [-0.25, -0.2) is 0 Å². The Hall–Kier alpha value is -1.41. The van der Waals surface area contributed by atoms with Gasteiger partial charge in [0.2, 0.25) is 0 Å². The van der Waals surface area contributed by atoms with Crippen LogP contribution in [0.4, 0.5) is 0 Å². The Morgan fingerprint density at radius 3 is 2.29 bits per heavy atom. The third-order valence-corrected chi connectivity index (χ3v) is 4.97. The Morgan fingerprint density at radius 1 is 0.917 bits per heavy atom. The highest BCUT2D eigenvalue weighted by molar-refractivity contribution is 6.43. The van der Waals surface area contributed by atoms with Crippen molar-refractivity contribution in [3.8, 4) is 5.75 Å². The fourth-order valence-corrected chi connectivity index (χ4v) is 3.34. The molecule has 0 spiro atoms. The number of ether oxygens (including phenoxy) is 1. The van der Waals surface area contributed by atoms with E-state index in [2.05, 4.69) is 12.5 Å². The van der Waals surface area contributed by atoms with Crippen molar-refractivity contribution in [3.63, 3.8) is 0 Å². The molecule has 0 amide bonds. The first-order valence-electron chi connectivity index (χ1n) is 7.72. The van der Waals surface area contributed by atoms with E-state index in [1.54, 1.807) is 6.07 Å². The summed E-state index contributed by atoms with van der Waals surface area (Å²) in [5.74, 6) is 0.856. The Balaban J connectivity index is 1.96. The highest BCUT2D eigenvalue weighted by atomic mass is 35.5. The highest BCUT2D eigenvalue weighted by Crippen LogP contribution is 2.40. The Labute approximate surface area is 157 Å². The van der Waals surface area contributed by atoms with Crippen LogP contribution in [0.15, 0.2) is 53.6 Å². The number of benzene rings is 2. The summed E-state index contributed by atoms with van der Waals surface area (Å²) in [6.07, 6.45) is 5.04. The van der Waals surface area contributed by atoms with Crippen LogP contribution in [0.25, 0.3) is 11.1 Å². The van der Waals surface area contributed by atoms with Crippen LogP contribution in [0.2, 0.25) is 10.0 Å². The molecular formula is C20H16Cl3O. The van der Waals surface area contributed by atoms with E-state index in [4.69, 9.17) is 39.5 Å². The van der Waals surface area contributed by atoms with Gasteiger partial charge in [0.25, 0.3) is 0 Å². The molecule has 0 heterocycles. The van der Waals surface area contributed by atoms with Gasteiger partial charge in [-0.2, -0.15) is 0 Å². The summed E-state index contributed by atoms with van der Waals surface area (Å²) in [5.41, 5.74) is 4.02. The molecule has 24 heavy (non-hydrogen) atoms. The van der Waals surface area contributed by atoms with Gasteiger partial charge < -0.3 is 4.74 Å². The molecule has 0 aromatic heterocycles. The molecule has 0 bridgehead atoms. The van der Waals surface area contributed by atoms with E-state index in [1.165, 1.54) is 0 Å². The monoisotopic (exact) mass is 377 g/mol. The molecule has 123 valence electrons. The molecule has 1 nitrogen and oxygen atoms in total. The second-order valence-electron chi connectivity index (χ2n) is 5.37. The van der Waals surface area contributed by atoms with Crippen molar-refractivity contribution in [1.82, 2.24) is 0 Å². The van der Waals surface area contributed by atoms with E-state index in [1.807, 2.05) is 43.3 Å². The largest absolute Gasteiger partial charge is 0.494 e. The SMILES string of the molecule is CCOc1ccc(C2=C(Cl)C(c3ccc(Cl)c(Cl)c3)=CC[CH]2)cc1. The molecule has 0 fully saturated rings. The van der Waals surface area contributed by atoms with Crippen LogP contribution >= 0.6 is 34.8 Å². The van der Waals surface area contributed by atoms with Gasteiger partial charge in [0, 0.05) is 0 Å². The van der Waals surface area contributed by atoms with Crippen LogP contribution in [0, 0.1) is 6.42 Å². The molecule has 0 saturated heterocycles. The summed E-state index contributed by atoms with van der Waals surface area (Å²) in [6, 6.07) is 13.5. The average Bonchev–Trinajstić information content (AvgIpc) is 2.59. The van der Waals surface area contributed by atoms with Crippen molar-refractivity contribution in [2.75, 3.05) is 6.61 Å². The first-order valence-corrected chi connectivity index (χ1v) is 8.85. The average molecular weight is 379 g/mol. The van der Waals surface area contributed by atoms with Gasteiger partial charge in [-0.1, -0.05) is 59.1 Å². The molecule has 2 aromatic rings. The Bertz CT molecular complexity index is 804. The van der Waals surface area contributed by atoms with E-state index in [0.29, 0.717) is 21.7 Å². The molecule has 0 unspecified atom stereocenters. The number of hydrogen-bond acceptors (Lipinski definition) is 1. The van der Waals surface area contributed by atoms with Crippen LogP contribution in [0.5, 0.6) is 5.75 Å². The maximum atomic E-state index is 6.68. The second-order valence-corrected chi connectivity index (χ2v) is 6.56. The molecule has 0 N–H and O–H groups in total. The Kier molecular flexibility index (Phi) is 5.55. The van der Waals surface area contributed by atoms with Crippen LogP contribution in [-0.2, 0) is 0 Å². The van der Waals surface area contributed by atoms with E-state index >= 15 is 0 Å². The molecular weight excluding hydrogens is 363 g/mol. The molecule has 0 atom stereocenters. The molecule has 0 aliphatic heterocycles. The molecule has 4 heteroatoms. The molecule has 1 radical (unpaired) electrons. The zero-order valence-electron chi connectivity index (χ0n) is 13.2. The quantitative estimate of drug-likeness (QED) is 0.554. The number of halogens is 3. The van der Waals surface area contributed by atoms with Crippen molar-refractivity contribution in [2.24, 2.45) is 0 Å². The number of allylic oxidation sites excluding steroid dienone is 4. The highest BCUT2D eigenvalue weighted by Gasteiger charge is 2.18. The number of rotatable bonds is 4. The van der Waals surface area contributed by atoms with E-state index in [-0.39, 0.29) is 0 Å². The molecule has 0 saturated carbocycles. The molecule has 2 aromatic carbocycles. The summed E-state index contributed by atoms with van der Waals surface area (Å²) in [7, 11) is 0. The normalized spacial score (nSPS) is 14.6. The van der Waals surface area contributed by atoms with Gasteiger partial charge in [-0.3, -0.25) is 0 Å². The minimum absolute atomic E-state index is 0.525. The lowest BCUT2D eigenvalue weighted by molar-refractivity contribution is 0.340. The lowest BCUT2D eigenvalue weighted by Gasteiger charge is -2.19. The fourth-order valence-electron chi connectivity index (χ4n) is 2.67. The van der Waals surface area contributed by atoms with Crippen LogP contribution in [-0.4, -0.2) is 6.61 Å². The minimum atomic E-state index is 0.525. The predicted molar refractivity (Wildman–Crippen MR) is 104 cm³/mol. The van der Waals surface area contributed by atoms with Crippen molar-refractivity contribution in [2.45, 2.75) is 13.3 Å². The minimum Gasteiger partial charge on any atom is -0.494 e. The van der Waals surface area contributed by atoms with E-state index in [0.717, 1.165) is 34.4 Å². The van der Waals surface area contributed by atoms with Gasteiger partial charge in [0.15, 0.2) is 0 Å². The molecule has 3 rings (SSSR count). The summed E-state index contributed by atoms with van der Waals surface area (Å²) in [5, 5.41) is 1.77. The second kappa shape index (κ2) is 7.65. The van der Waals surface area contributed by atoms with Gasteiger partial charge in [0.05, 0.1) is 21.7 Å². The first-order chi connectivity index (χ1) is 11.6. The summed E-state index contributed by atoms with van der Waals surface area (Å²) < 4.78 is 5.49. The number of hydrogen-bond donors (Lipinski definition) is 0. The van der Waals surface area contributed by atoms with Crippen molar-refractivity contribution < 1.29 is 4.74 Å². The van der Waals surface area contributed by atoms with Gasteiger partial charge in [-0.05, 0) is 66.3 Å². The Morgan fingerprint density at radius 2 is 1.62 bits per heavy atom. The standard InChI is InChI=1S/C20H16Cl3O/c1-2-24-15-9-6-13(7-10-15)16-4-3-5-17(20(16)23)14-8-11-18(21)19(22)12-14/h4-12H,2-3H2,1H3. The molecule has 1 aliphatic rings. The van der Waals surface area contributed by atoms with Gasteiger partial charge in [0.1, 0.15) is 5.75 Å². The lowest BCUT2D eigenvalue weighted by atomic mass is 9.90. The smallest absolute Gasteiger partial charge is 0.119 e. The maximum Gasteiger partial charge on any atom is 0.119 e. The topological polar surface area (TPSA) is 9.23 Å². The van der Waals surface area contributed by atoms with Crippen LogP contribution in [0.3, 0.4) is 0 Å². The maximum absolute atomic E-state index is 6.68. The predicted octanol–water partition coefficient (Wildman–Crippen LogP) is 7.03. The third kappa shape index (κ3) is 3.64. The summed E-state index contributed by atoms with van der Waals surface area (Å²) in [6.45, 7) is 2.62. The van der Waals surface area contributed by atoms with Crippen molar-refractivity contribution in [3.05, 3.63) is 81.2 Å². The van der Waals surface area contributed by atoms with Crippen LogP contribution in [0.1, 0.15) is 24.5 Å². The lowest BCUT2D eigenvalue weighted by Crippen LogP contribution is -1.98. The molecule has 1 aliphatic carbocycles.